The van der Waals surface area contributed by atoms with Crippen LogP contribution in [-0.2, 0) is 0 Å². The van der Waals surface area contributed by atoms with Gasteiger partial charge < -0.3 is 5.32 Å². The molecule has 2 nitrogen and oxygen atoms in total. The van der Waals surface area contributed by atoms with E-state index in [-0.39, 0.29) is 12.5 Å². The Balaban J connectivity index is 2.85. The topological polar surface area (TPSA) is 29.1 Å². The first kappa shape index (κ1) is 11.9. The molecule has 78 valence electrons. The Morgan fingerprint density at radius 1 is 1.40 bits per heavy atom. The van der Waals surface area contributed by atoms with Gasteiger partial charge in [0.1, 0.15) is 0 Å². The van der Waals surface area contributed by atoms with Crippen LogP contribution < -0.4 is 5.32 Å². The van der Waals surface area contributed by atoms with Crippen molar-refractivity contribution in [2.24, 2.45) is 0 Å². The molecular formula is C11H9Cl2NO. The molecule has 1 N–H and O–H groups in total. The van der Waals surface area contributed by atoms with Crippen molar-refractivity contribution >= 4 is 29.1 Å². The van der Waals surface area contributed by atoms with Gasteiger partial charge in [0, 0.05) is 0 Å². The van der Waals surface area contributed by atoms with E-state index in [1.807, 2.05) is 0 Å². The fourth-order valence-corrected chi connectivity index (χ4v) is 1.59. The van der Waals surface area contributed by atoms with Gasteiger partial charge in [-0.3, -0.25) is 4.79 Å². The van der Waals surface area contributed by atoms with Gasteiger partial charge in [-0.15, -0.1) is 5.92 Å². The van der Waals surface area contributed by atoms with Gasteiger partial charge >= 0.3 is 0 Å². The van der Waals surface area contributed by atoms with Gasteiger partial charge in [-0.25, -0.2) is 0 Å². The quantitative estimate of drug-likeness (QED) is 0.794. The lowest BCUT2D eigenvalue weighted by Crippen LogP contribution is -2.24. The third-order valence-corrected chi connectivity index (χ3v) is 2.33. The summed E-state index contributed by atoms with van der Waals surface area (Å²) in [6.07, 6.45) is 0. The fourth-order valence-electron chi connectivity index (χ4n) is 1.02. The van der Waals surface area contributed by atoms with Crippen LogP contribution in [0.25, 0.3) is 0 Å². The maximum atomic E-state index is 11.6. The third kappa shape index (κ3) is 3.16. The normalized spacial score (nSPS) is 9.00. The highest BCUT2D eigenvalue weighted by molar-refractivity contribution is 6.39. The molecule has 1 aromatic rings. The van der Waals surface area contributed by atoms with E-state index in [2.05, 4.69) is 17.2 Å². The van der Waals surface area contributed by atoms with E-state index in [1.54, 1.807) is 25.1 Å². The van der Waals surface area contributed by atoms with Gasteiger partial charge in [0.05, 0.1) is 22.2 Å². The van der Waals surface area contributed by atoms with Gasteiger partial charge in [-0.05, 0) is 19.1 Å². The molecule has 0 saturated heterocycles. The van der Waals surface area contributed by atoms with Crippen LogP contribution in [0.4, 0.5) is 0 Å². The van der Waals surface area contributed by atoms with Gasteiger partial charge in [0.25, 0.3) is 5.91 Å². The third-order valence-electron chi connectivity index (χ3n) is 1.70. The van der Waals surface area contributed by atoms with Crippen molar-refractivity contribution in [3.8, 4) is 11.8 Å². The zero-order chi connectivity index (χ0) is 11.3. The number of amides is 1. The van der Waals surface area contributed by atoms with Crippen LogP contribution in [0.5, 0.6) is 0 Å². The van der Waals surface area contributed by atoms with E-state index < -0.39 is 0 Å². The SMILES string of the molecule is CC#CCNC(=O)c1c(Cl)cccc1Cl. The lowest BCUT2D eigenvalue weighted by atomic mass is 10.2. The van der Waals surface area contributed by atoms with Crippen LogP contribution in [0.15, 0.2) is 18.2 Å². The van der Waals surface area contributed by atoms with Crippen LogP contribution in [0.3, 0.4) is 0 Å². The molecule has 1 aromatic carbocycles. The summed E-state index contributed by atoms with van der Waals surface area (Å²) in [7, 11) is 0. The first-order chi connectivity index (χ1) is 7.16. The summed E-state index contributed by atoms with van der Waals surface area (Å²) < 4.78 is 0. The number of nitrogens with one attached hydrogen (secondary N) is 1. The molecular weight excluding hydrogens is 233 g/mol. The monoisotopic (exact) mass is 241 g/mol. The molecule has 1 rings (SSSR count). The Kier molecular flexibility index (Phi) is 4.48. The molecule has 4 heteroatoms. The van der Waals surface area contributed by atoms with Crippen molar-refractivity contribution in [1.29, 1.82) is 0 Å². The number of hydrogen-bond acceptors (Lipinski definition) is 1. The molecule has 0 aliphatic rings. The summed E-state index contributed by atoms with van der Waals surface area (Å²) in [6.45, 7) is 1.99. The average molecular weight is 242 g/mol. The molecule has 0 heterocycles. The van der Waals surface area contributed by atoms with Gasteiger partial charge in [-0.2, -0.15) is 0 Å². The fraction of sp³-hybridized carbons (Fsp3) is 0.182. The molecule has 0 saturated carbocycles. The minimum atomic E-state index is -0.312. The predicted molar refractivity (Wildman–Crippen MR) is 62.2 cm³/mol. The first-order valence-electron chi connectivity index (χ1n) is 4.28. The van der Waals surface area contributed by atoms with Crippen LogP contribution >= 0.6 is 23.2 Å². The zero-order valence-electron chi connectivity index (χ0n) is 8.10. The summed E-state index contributed by atoms with van der Waals surface area (Å²) in [5.74, 6) is 5.08. The number of carbonyl (C=O) groups excluding carboxylic acids is 1. The maximum Gasteiger partial charge on any atom is 0.255 e. The molecule has 0 fully saturated rings. The van der Waals surface area contributed by atoms with E-state index in [0.717, 1.165) is 0 Å². The Hall–Kier alpha value is -1.17. The lowest BCUT2D eigenvalue weighted by Gasteiger charge is -2.05. The van der Waals surface area contributed by atoms with Crippen LogP contribution in [0.2, 0.25) is 10.0 Å². The number of hydrogen-bond donors (Lipinski definition) is 1. The molecule has 15 heavy (non-hydrogen) atoms. The molecule has 0 aromatic heterocycles. The van der Waals surface area contributed by atoms with Crippen LogP contribution in [0.1, 0.15) is 17.3 Å². The van der Waals surface area contributed by atoms with Crippen molar-refractivity contribution in [2.75, 3.05) is 6.54 Å². The van der Waals surface area contributed by atoms with E-state index in [9.17, 15) is 4.79 Å². The van der Waals surface area contributed by atoms with Crippen LogP contribution in [0, 0.1) is 11.8 Å². The maximum absolute atomic E-state index is 11.6. The lowest BCUT2D eigenvalue weighted by molar-refractivity contribution is 0.0959. The largest absolute Gasteiger partial charge is 0.341 e. The van der Waals surface area contributed by atoms with Crippen molar-refractivity contribution in [3.63, 3.8) is 0 Å². The smallest absolute Gasteiger partial charge is 0.255 e. The molecule has 0 spiro atoms. The molecule has 0 atom stereocenters. The second kappa shape index (κ2) is 5.65. The Labute approximate surface area is 98.6 Å². The van der Waals surface area contributed by atoms with Gasteiger partial charge in [0.2, 0.25) is 0 Å². The number of rotatable bonds is 2. The summed E-state index contributed by atoms with van der Waals surface area (Å²) in [5, 5.41) is 3.28. The van der Waals surface area contributed by atoms with Crippen molar-refractivity contribution in [1.82, 2.24) is 5.32 Å². The van der Waals surface area contributed by atoms with Gasteiger partial charge in [-0.1, -0.05) is 35.2 Å². The zero-order valence-corrected chi connectivity index (χ0v) is 9.62. The van der Waals surface area contributed by atoms with Gasteiger partial charge in [0.15, 0.2) is 0 Å². The highest BCUT2D eigenvalue weighted by Gasteiger charge is 2.12. The van der Waals surface area contributed by atoms with Crippen molar-refractivity contribution in [2.45, 2.75) is 6.92 Å². The van der Waals surface area contributed by atoms with E-state index in [4.69, 9.17) is 23.2 Å². The predicted octanol–water partition coefficient (Wildman–Crippen LogP) is 2.75. The molecule has 1 amide bonds. The summed E-state index contributed by atoms with van der Waals surface area (Å²) in [6, 6.07) is 4.93. The molecule has 0 unspecified atom stereocenters. The molecule has 0 aliphatic heterocycles. The van der Waals surface area contributed by atoms with Crippen LogP contribution in [-0.4, -0.2) is 12.5 Å². The molecule has 0 bridgehead atoms. The highest BCUT2D eigenvalue weighted by atomic mass is 35.5. The summed E-state index contributed by atoms with van der Waals surface area (Å²) in [5.41, 5.74) is 0.290. The second-order valence-corrected chi connectivity index (χ2v) is 3.52. The summed E-state index contributed by atoms with van der Waals surface area (Å²) in [4.78, 5) is 11.6. The Morgan fingerprint density at radius 2 is 2.00 bits per heavy atom. The Morgan fingerprint density at radius 3 is 2.53 bits per heavy atom. The van der Waals surface area contributed by atoms with Crippen molar-refractivity contribution < 1.29 is 4.79 Å². The number of carbonyl (C=O) groups is 1. The van der Waals surface area contributed by atoms with Crippen molar-refractivity contribution in [3.05, 3.63) is 33.8 Å². The van der Waals surface area contributed by atoms with E-state index >= 15 is 0 Å². The minimum Gasteiger partial charge on any atom is -0.341 e. The van der Waals surface area contributed by atoms with E-state index in [0.29, 0.717) is 15.6 Å². The first-order valence-corrected chi connectivity index (χ1v) is 5.04. The average Bonchev–Trinajstić information content (AvgIpc) is 2.18. The second-order valence-electron chi connectivity index (χ2n) is 2.71. The van der Waals surface area contributed by atoms with E-state index in [1.165, 1.54) is 0 Å². The number of benzene rings is 1. The Bertz CT molecular complexity index is 412. The minimum absolute atomic E-state index is 0.289. The highest BCUT2D eigenvalue weighted by Crippen LogP contribution is 2.23. The number of halogens is 2. The molecule has 0 radical (unpaired) electrons. The standard InChI is InChI=1S/C11H9Cl2NO/c1-2-3-7-14-11(15)10-8(12)5-4-6-9(10)13/h4-6H,7H2,1H3,(H,14,15). The summed E-state index contributed by atoms with van der Waals surface area (Å²) >= 11 is 11.7. The molecule has 0 aliphatic carbocycles.